The molecule has 19 heavy (non-hydrogen) atoms. The normalized spacial score (nSPS) is 10.8. The molecular weight excluding hydrogens is 266 g/mol. The number of aromatic nitrogens is 7. The molecule has 3 rings (SSSR count). The van der Waals surface area contributed by atoms with Gasteiger partial charge in [-0.15, -0.1) is 0 Å². The van der Waals surface area contributed by atoms with Gasteiger partial charge in [-0.3, -0.25) is 4.68 Å². The maximum Gasteiger partial charge on any atom is 0.255 e. The number of nitrogens with zero attached hydrogens (tertiary/aromatic N) is 7. The summed E-state index contributed by atoms with van der Waals surface area (Å²) in [6.07, 6.45) is 6.94. The first-order chi connectivity index (χ1) is 9.26. The molecule has 0 fully saturated rings. The minimum absolute atomic E-state index is 0.125. The minimum Gasteiger partial charge on any atom is -0.272 e. The number of halogens is 1. The van der Waals surface area contributed by atoms with E-state index < -0.39 is 0 Å². The van der Waals surface area contributed by atoms with Gasteiger partial charge in [0, 0.05) is 25.1 Å². The Labute approximate surface area is 113 Å². The Hall–Kier alpha value is -2.28. The van der Waals surface area contributed by atoms with Crippen LogP contribution in [0.25, 0.3) is 17.3 Å². The Morgan fingerprint density at radius 3 is 2.79 bits per heavy atom. The van der Waals surface area contributed by atoms with E-state index in [9.17, 15) is 0 Å². The summed E-state index contributed by atoms with van der Waals surface area (Å²) in [4.78, 5) is 12.5. The van der Waals surface area contributed by atoms with Crippen LogP contribution in [0.5, 0.6) is 0 Å². The third-order valence-electron chi connectivity index (χ3n) is 2.52. The molecule has 0 radical (unpaired) electrons. The van der Waals surface area contributed by atoms with Crippen LogP contribution < -0.4 is 0 Å². The lowest BCUT2D eigenvalue weighted by Gasteiger charge is -2.02. The minimum atomic E-state index is 0.125. The van der Waals surface area contributed by atoms with Crippen LogP contribution >= 0.6 is 11.6 Å². The van der Waals surface area contributed by atoms with Crippen molar-refractivity contribution in [1.82, 2.24) is 34.5 Å². The summed E-state index contributed by atoms with van der Waals surface area (Å²) in [5.74, 6) is 0.856. The molecule has 0 saturated carbocycles. The number of rotatable bonds is 3. The lowest BCUT2D eigenvalue weighted by molar-refractivity contribution is 0.660. The summed E-state index contributed by atoms with van der Waals surface area (Å²) >= 11 is 5.93. The van der Waals surface area contributed by atoms with Crippen molar-refractivity contribution in [2.45, 2.75) is 13.5 Å². The van der Waals surface area contributed by atoms with E-state index in [0.717, 1.165) is 12.1 Å². The van der Waals surface area contributed by atoms with Crippen LogP contribution in [0.4, 0.5) is 0 Å². The average molecular weight is 276 g/mol. The Kier molecular flexibility index (Phi) is 2.96. The molecule has 0 aliphatic heterocycles. The zero-order valence-electron chi connectivity index (χ0n) is 10.1. The third-order valence-corrected chi connectivity index (χ3v) is 2.69. The maximum absolute atomic E-state index is 5.93. The molecule has 0 aliphatic rings. The summed E-state index contributed by atoms with van der Waals surface area (Å²) in [5.41, 5.74) is 0.791. The number of aryl methyl sites for hydroxylation is 1. The van der Waals surface area contributed by atoms with Gasteiger partial charge in [-0.05, 0) is 24.6 Å². The van der Waals surface area contributed by atoms with E-state index in [1.807, 2.05) is 13.1 Å². The van der Waals surface area contributed by atoms with Crippen LogP contribution in [0.2, 0.25) is 5.28 Å². The molecule has 0 bridgehead atoms. The molecule has 8 heteroatoms. The summed E-state index contributed by atoms with van der Waals surface area (Å²) in [7, 11) is 0. The highest BCUT2D eigenvalue weighted by Crippen LogP contribution is 2.16. The smallest absolute Gasteiger partial charge is 0.255 e. The molecule has 0 aromatic carbocycles. The van der Waals surface area contributed by atoms with Crippen molar-refractivity contribution in [3.63, 3.8) is 0 Å². The van der Waals surface area contributed by atoms with E-state index in [0.29, 0.717) is 11.8 Å². The van der Waals surface area contributed by atoms with E-state index in [-0.39, 0.29) is 5.28 Å². The molecule has 0 unspecified atom stereocenters. The van der Waals surface area contributed by atoms with Crippen LogP contribution in [0.3, 0.4) is 0 Å². The second-order valence-electron chi connectivity index (χ2n) is 3.76. The molecule has 0 amide bonds. The molecule has 7 nitrogen and oxygen atoms in total. The average Bonchev–Trinajstić information content (AvgIpc) is 3.09. The van der Waals surface area contributed by atoms with Gasteiger partial charge in [0.15, 0.2) is 5.82 Å². The zero-order valence-corrected chi connectivity index (χ0v) is 10.9. The highest BCUT2D eigenvalue weighted by molar-refractivity contribution is 6.28. The van der Waals surface area contributed by atoms with Crippen LogP contribution in [0, 0.1) is 0 Å². The van der Waals surface area contributed by atoms with E-state index in [4.69, 9.17) is 11.6 Å². The van der Waals surface area contributed by atoms with Crippen molar-refractivity contribution >= 4 is 11.6 Å². The van der Waals surface area contributed by atoms with E-state index in [2.05, 4.69) is 25.1 Å². The maximum atomic E-state index is 5.93. The van der Waals surface area contributed by atoms with Gasteiger partial charge in [0.2, 0.25) is 5.28 Å². The second kappa shape index (κ2) is 4.77. The highest BCUT2D eigenvalue weighted by atomic mass is 35.5. The van der Waals surface area contributed by atoms with Gasteiger partial charge >= 0.3 is 0 Å². The van der Waals surface area contributed by atoms with Crippen molar-refractivity contribution in [3.05, 3.63) is 36.1 Å². The molecule has 0 N–H and O–H groups in total. The highest BCUT2D eigenvalue weighted by Gasteiger charge is 2.10. The van der Waals surface area contributed by atoms with Crippen molar-refractivity contribution in [2.24, 2.45) is 0 Å². The van der Waals surface area contributed by atoms with E-state index in [1.54, 1.807) is 29.3 Å². The quantitative estimate of drug-likeness (QED) is 0.726. The summed E-state index contributed by atoms with van der Waals surface area (Å²) in [5, 5.41) is 8.38. The molecular formula is C11H10ClN7. The van der Waals surface area contributed by atoms with Gasteiger partial charge < -0.3 is 0 Å². The predicted octanol–water partition coefficient (Wildman–Crippen LogP) is 1.59. The SMILES string of the molecule is CCn1cc(-c2nc(Cl)nc(-n3cccn3)n2)cn1. The van der Waals surface area contributed by atoms with Crippen LogP contribution in [0.15, 0.2) is 30.9 Å². The molecule has 96 valence electrons. The van der Waals surface area contributed by atoms with Gasteiger partial charge in [0.25, 0.3) is 5.95 Å². The molecule has 3 aromatic rings. The first-order valence-electron chi connectivity index (χ1n) is 5.70. The lowest BCUT2D eigenvalue weighted by atomic mass is 10.3. The van der Waals surface area contributed by atoms with Gasteiger partial charge in [-0.25, -0.2) is 4.68 Å². The van der Waals surface area contributed by atoms with Crippen molar-refractivity contribution < 1.29 is 0 Å². The standard InChI is InChI=1S/C11H10ClN7/c1-2-18-7-8(6-14-18)9-15-10(12)17-11(16-9)19-5-3-4-13-19/h3-7H,2H2,1H3. The third kappa shape index (κ3) is 2.32. The topological polar surface area (TPSA) is 74.3 Å². The second-order valence-corrected chi connectivity index (χ2v) is 4.10. The lowest BCUT2D eigenvalue weighted by Crippen LogP contribution is -2.04. The van der Waals surface area contributed by atoms with Gasteiger partial charge in [-0.1, -0.05) is 0 Å². The first-order valence-corrected chi connectivity index (χ1v) is 6.08. The summed E-state index contributed by atoms with van der Waals surface area (Å²) in [6, 6.07) is 1.78. The Morgan fingerprint density at radius 1 is 1.21 bits per heavy atom. The van der Waals surface area contributed by atoms with Crippen molar-refractivity contribution in [3.8, 4) is 17.3 Å². The van der Waals surface area contributed by atoms with Crippen LogP contribution in [-0.4, -0.2) is 34.5 Å². The largest absolute Gasteiger partial charge is 0.272 e. The van der Waals surface area contributed by atoms with Crippen molar-refractivity contribution in [1.29, 1.82) is 0 Å². The predicted molar refractivity (Wildman–Crippen MR) is 68.9 cm³/mol. The van der Waals surface area contributed by atoms with Crippen molar-refractivity contribution in [2.75, 3.05) is 0 Å². The summed E-state index contributed by atoms with van der Waals surface area (Å²) < 4.78 is 3.32. The van der Waals surface area contributed by atoms with Gasteiger partial charge in [0.1, 0.15) is 0 Å². The fraction of sp³-hybridized carbons (Fsp3) is 0.182. The van der Waals surface area contributed by atoms with Gasteiger partial charge in [0.05, 0.1) is 11.8 Å². The van der Waals surface area contributed by atoms with E-state index >= 15 is 0 Å². The molecule has 3 aromatic heterocycles. The summed E-state index contributed by atoms with van der Waals surface area (Å²) in [6.45, 7) is 2.79. The molecule has 0 atom stereocenters. The fourth-order valence-corrected chi connectivity index (χ4v) is 1.77. The number of hydrogen-bond donors (Lipinski definition) is 0. The Bertz CT molecular complexity index is 689. The van der Waals surface area contributed by atoms with Crippen LogP contribution in [0.1, 0.15) is 6.92 Å². The molecule has 0 saturated heterocycles. The van der Waals surface area contributed by atoms with E-state index in [1.165, 1.54) is 4.68 Å². The Morgan fingerprint density at radius 2 is 2.11 bits per heavy atom. The molecule has 0 spiro atoms. The fourth-order valence-electron chi connectivity index (χ4n) is 1.61. The molecule has 0 aliphatic carbocycles. The molecule has 3 heterocycles. The monoisotopic (exact) mass is 275 g/mol. The first kappa shape index (κ1) is 11.8. The number of hydrogen-bond acceptors (Lipinski definition) is 5. The van der Waals surface area contributed by atoms with Crippen LogP contribution in [-0.2, 0) is 6.54 Å². The van der Waals surface area contributed by atoms with Gasteiger partial charge in [-0.2, -0.15) is 25.1 Å². The Balaban J connectivity index is 2.07. The zero-order chi connectivity index (χ0) is 13.2.